The third kappa shape index (κ3) is 23.8. The lowest BCUT2D eigenvalue weighted by atomic mass is 9.89. The highest BCUT2D eigenvalue weighted by atomic mass is 16.6. The van der Waals surface area contributed by atoms with Crippen molar-refractivity contribution in [1.82, 2.24) is 41.3 Å². The summed E-state index contributed by atoms with van der Waals surface area (Å²) in [6, 6.07) is 8.99. The number of benzene rings is 2. The summed E-state index contributed by atoms with van der Waals surface area (Å²) >= 11 is 0. The fourth-order valence-corrected chi connectivity index (χ4v) is 11.3. The Labute approximate surface area is 526 Å². The van der Waals surface area contributed by atoms with Crippen LogP contribution in [0.2, 0.25) is 0 Å². The van der Waals surface area contributed by atoms with E-state index in [1.165, 1.54) is 26.2 Å². The van der Waals surface area contributed by atoms with E-state index in [-0.39, 0.29) is 68.4 Å². The van der Waals surface area contributed by atoms with Crippen LogP contribution >= 0.6 is 0 Å². The van der Waals surface area contributed by atoms with E-state index >= 15 is 0 Å². The molecule has 0 spiro atoms. The molecule has 0 bridgehead atoms. The lowest BCUT2D eigenvalue weighted by Crippen LogP contribution is -2.60. The fraction of sp³-hybridized carbons (Fsp3) is 0.672. The number of nitrogens with zero attached hydrogens (tertiary/aromatic N) is 3. The van der Waals surface area contributed by atoms with Gasteiger partial charge in [-0.05, 0) is 92.4 Å². The highest BCUT2D eigenvalue weighted by molar-refractivity contribution is 5.98. The van der Waals surface area contributed by atoms with Crippen LogP contribution in [0.3, 0.4) is 0 Å². The van der Waals surface area contributed by atoms with E-state index in [1.807, 2.05) is 32.0 Å². The number of urea groups is 1. The van der Waals surface area contributed by atoms with Gasteiger partial charge < -0.3 is 71.6 Å². The number of likely N-dealkylation sites (tertiary alicyclic amines) is 1. The number of nitrogens with one attached hydrogen (secondary N) is 6. The number of rotatable bonds is 38. The lowest BCUT2D eigenvalue weighted by Gasteiger charge is -2.41. The second kappa shape index (κ2) is 38.6. The zero-order valence-corrected chi connectivity index (χ0v) is 55.0. The second-order valence-corrected chi connectivity index (χ2v) is 24.5. The van der Waals surface area contributed by atoms with Crippen LogP contribution in [-0.2, 0) is 59.2 Å². The number of carbonyl (C=O) groups excluding carboxylic acids is 9. The van der Waals surface area contributed by atoms with Gasteiger partial charge in [0.15, 0.2) is 0 Å². The Morgan fingerprint density at radius 2 is 1.38 bits per heavy atom. The Morgan fingerprint density at radius 1 is 0.730 bits per heavy atom. The van der Waals surface area contributed by atoms with Crippen molar-refractivity contribution < 1.29 is 67.3 Å². The summed E-state index contributed by atoms with van der Waals surface area (Å²) in [5.41, 5.74) is 6.80. The van der Waals surface area contributed by atoms with Crippen molar-refractivity contribution in [2.24, 2.45) is 41.2 Å². The fourth-order valence-electron chi connectivity index (χ4n) is 11.3. The van der Waals surface area contributed by atoms with Gasteiger partial charge in [-0.25, -0.2) is 15.5 Å². The standard InChI is InChI=1S/C64H105N11O14/c1-15-41(8)55(49(86-13)36-51(77)75-34-23-27-48(75)57(87-14)42(9)58(79)68-43(10)56(78)45-24-18-16-19-25-45)73(11)62(83)53(39(4)5)72-61(82)54(40(6)7)74(12)64(85)88-37-44-29-31-46(32-30-44)69-59(80)47(26-22-33-67-63(65)84)70-60(81)52(38(2)3)71-50(76)28-20-17-21-35-89-66/h16,18-19,24-25,29-32,38-43,47-49,52-57,78H,15,17,20-23,26-28,33-37,66H2,1-14H3,(H,68,79)(H,69,80)(H,70,81)(H,71,76)(H,72,82)(H3,65,67,84)/t41-,42+,43+,47-,48-,49+,52-,53-,54-,55?,56+,57+/m0/s1. The van der Waals surface area contributed by atoms with Crippen molar-refractivity contribution in [1.29, 1.82) is 0 Å². The Morgan fingerprint density at radius 3 is 1.96 bits per heavy atom. The number of ether oxygens (including phenoxy) is 3. The van der Waals surface area contributed by atoms with Gasteiger partial charge in [0.1, 0.15) is 30.8 Å². The first-order chi connectivity index (χ1) is 42.1. The molecule has 1 aliphatic rings. The molecule has 12 atom stereocenters. The highest BCUT2D eigenvalue weighted by Crippen LogP contribution is 2.30. The van der Waals surface area contributed by atoms with E-state index in [0.717, 1.165) is 0 Å². The average molecular weight is 1250 g/mol. The van der Waals surface area contributed by atoms with Crippen molar-refractivity contribution in [3.8, 4) is 0 Å². The number of likely N-dealkylation sites (N-methyl/N-ethyl adjacent to an activating group) is 2. The smallest absolute Gasteiger partial charge is 0.410 e. The highest BCUT2D eigenvalue weighted by Gasteiger charge is 2.44. The molecule has 1 unspecified atom stereocenters. The molecule has 1 heterocycles. The predicted octanol–water partition coefficient (Wildman–Crippen LogP) is 5.04. The largest absolute Gasteiger partial charge is 0.445 e. The SMILES string of the molecule is CC[C@H](C)C([C@@H](CC(=O)N1CCC[C@H]1[C@H](OC)[C@@H](C)C(=O)N[C@H](C)[C@@H](O)c1ccccc1)OC)N(C)C(=O)[C@@H](NC(=O)[C@H](C(C)C)N(C)C(=O)OCc1ccc(NC(=O)[C@H](CCCNC(N)=O)NC(=O)[C@@H](NC(=O)CCCCCON)C(C)C)cc1)C(C)C. The number of anilines is 1. The molecule has 2 aromatic rings. The molecule has 0 saturated carbocycles. The molecule has 11 N–H and O–H groups in total. The molecule has 3 rings (SSSR count). The molecule has 25 nitrogen and oxygen atoms in total. The first-order valence-electron chi connectivity index (χ1n) is 31.3. The summed E-state index contributed by atoms with van der Waals surface area (Å²) in [6.07, 6.45) is 1.19. The number of hydrogen-bond donors (Lipinski definition) is 9. The van der Waals surface area contributed by atoms with Gasteiger partial charge in [-0.3, -0.25) is 38.5 Å². The minimum absolute atomic E-state index is 0.0851. The summed E-state index contributed by atoms with van der Waals surface area (Å²) in [5, 5.41) is 27.7. The average Bonchev–Trinajstić information content (AvgIpc) is 4.10. The molecule has 10 amide bonds. The molecule has 0 aliphatic carbocycles. The first kappa shape index (κ1) is 76.3. The van der Waals surface area contributed by atoms with Gasteiger partial charge in [0.2, 0.25) is 41.4 Å². The molecule has 1 aliphatic heterocycles. The summed E-state index contributed by atoms with van der Waals surface area (Å²) in [7, 11) is 6.10. The molecule has 0 radical (unpaired) electrons. The lowest BCUT2D eigenvalue weighted by molar-refractivity contribution is -0.148. The van der Waals surface area contributed by atoms with Crippen LogP contribution in [0.5, 0.6) is 0 Å². The number of aliphatic hydroxyl groups excluding tert-OH is 1. The second-order valence-electron chi connectivity index (χ2n) is 24.5. The Balaban J connectivity index is 1.70. The third-order valence-corrected chi connectivity index (χ3v) is 16.7. The molecular formula is C64H105N11O14. The van der Waals surface area contributed by atoms with Crippen LogP contribution in [0.15, 0.2) is 54.6 Å². The van der Waals surface area contributed by atoms with Gasteiger partial charge in [-0.2, -0.15) is 0 Å². The number of hydrogen-bond acceptors (Lipinski definition) is 15. The van der Waals surface area contributed by atoms with Crippen LogP contribution in [0.25, 0.3) is 0 Å². The minimum atomic E-state index is -1.07. The normalized spacial score (nSPS) is 16.9. The quantitative estimate of drug-likeness (QED) is 0.0314. The van der Waals surface area contributed by atoms with E-state index in [4.69, 9.17) is 25.8 Å². The molecule has 25 heteroatoms. The molecular weight excluding hydrogens is 1150 g/mol. The topological polar surface area (TPSA) is 345 Å². The number of aliphatic hydroxyl groups is 1. The number of nitrogens with two attached hydrogens (primary N) is 2. The van der Waals surface area contributed by atoms with E-state index in [2.05, 4.69) is 36.7 Å². The maximum Gasteiger partial charge on any atom is 0.410 e. The van der Waals surface area contributed by atoms with E-state index in [9.17, 15) is 48.3 Å². The predicted molar refractivity (Wildman–Crippen MR) is 338 cm³/mol. The zero-order chi connectivity index (χ0) is 66.7. The van der Waals surface area contributed by atoms with Crippen molar-refractivity contribution in [2.45, 2.75) is 201 Å². The maximum absolute atomic E-state index is 14.8. The maximum atomic E-state index is 14.8. The molecule has 89 heavy (non-hydrogen) atoms. The van der Waals surface area contributed by atoms with Crippen molar-refractivity contribution in [3.05, 3.63) is 65.7 Å². The number of carbonyl (C=O) groups is 9. The van der Waals surface area contributed by atoms with Gasteiger partial charge in [-0.1, -0.05) is 118 Å². The van der Waals surface area contributed by atoms with Crippen LogP contribution in [0.4, 0.5) is 15.3 Å². The minimum Gasteiger partial charge on any atom is -0.445 e. The van der Waals surface area contributed by atoms with Crippen LogP contribution in [-0.4, -0.2) is 176 Å². The van der Waals surface area contributed by atoms with Crippen molar-refractivity contribution >= 4 is 59.2 Å². The summed E-state index contributed by atoms with van der Waals surface area (Å²) in [6.45, 7) is 18.9. The van der Waals surface area contributed by atoms with Crippen LogP contribution < -0.4 is 43.5 Å². The zero-order valence-electron chi connectivity index (χ0n) is 55.0. The number of methoxy groups -OCH3 is 2. The molecule has 0 aromatic heterocycles. The third-order valence-electron chi connectivity index (χ3n) is 16.7. The number of unbranched alkanes of at least 4 members (excludes halogenated alkanes) is 2. The molecule has 1 saturated heterocycles. The van der Waals surface area contributed by atoms with Crippen LogP contribution in [0.1, 0.15) is 151 Å². The van der Waals surface area contributed by atoms with Gasteiger partial charge in [-0.15, -0.1) is 0 Å². The Hall–Kier alpha value is -6.93. The molecule has 500 valence electrons. The summed E-state index contributed by atoms with van der Waals surface area (Å²) in [5.74, 6) is 0.0756. The molecule has 1 fully saturated rings. The monoisotopic (exact) mass is 1250 g/mol. The molecule has 2 aromatic carbocycles. The van der Waals surface area contributed by atoms with Gasteiger partial charge >= 0.3 is 12.1 Å². The number of amides is 10. The van der Waals surface area contributed by atoms with Gasteiger partial charge in [0.05, 0.1) is 55.4 Å². The first-order valence-corrected chi connectivity index (χ1v) is 31.3. The summed E-state index contributed by atoms with van der Waals surface area (Å²) < 4.78 is 17.7. The van der Waals surface area contributed by atoms with Gasteiger partial charge in [0.25, 0.3) is 0 Å². The Bertz CT molecular complexity index is 2560. The number of primary amides is 1. The van der Waals surface area contributed by atoms with Crippen molar-refractivity contribution in [3.63, 3.8) is 0 Å². The summed E-state index contributed by atoms with van der Waals surface area (Å²) in [4.78, 5) is 132. The van der Waals surface area contributed by atoms with Gasteiger partial charge in [0, 0.05) is 53.5 Å². The van der Waals surface area contributed by atoms with Crippen LogP contribution in [0, 0.1) is 29.6 Å². The van der Waals surface area contributed by atoms with E-state index in [1.54, 1.807) is 109 Å². The van der Waals surface area contributed by atoms with Crippen molar-refractivity contribution in [2.75, 3.05) is 53.3 Å². The Kier molecular flexibility index (Phi) is 33.1. The van der Waals surface area contributed by atoms with E-state index in [0.29, 0.717) is 68.5 Å². The van der Waals surface area contributed by atoms with E-state index < -0.39 is 114 Å².